The van der Waals surface area contributed by atoms with E-state index >= 15 is 0 Å². The third-order valence-corrected chi connectivity index (χ3v) is 1.93. The van der Waals surface area contributed by atoms with E-state index in [0.717, 1.165) is 10.9 Å². The van der Waals surface area contributed by atoms with Crippen LogP contribution in [-0.4, -0.2) is 16.8 Å². The first-order valence-electron chi connectivity index (χ1n) is 4.26. The molecule has 0 unspecified atom stereocenters. The van der Waals surface area contributed by atoms with Crippen molar-refractivity contribution in [1.82, 2.24) is 5.10 Å². The third-order valence-electron chi connectivity index (χ3n) is 1.93. The topological polar surface area (TPSA) is 37.0 Å². The molecule has 0 bridgehead atoms. The van der Waals surface area contributed by atoms with E-state index in [1.165, 1.54) is 0 Å². The van der Waals surface area contributed by atoms with Crippen molar-refractivity contribution in [2.75, 3.05) is 6.61 Å². The summed E-state index contributed by atoms with van der Waals surface area (Å²) < 4.78 is 1.74. The Morgan fingerprint density at radius 1 is 1.21 bits per heavy atom. The van der Waals surface area contributed by atoms with Gasteiger partial charge in [-0.1, -0.05) is 22.9 Å². The van der Waals surface area contributed by atoms with E-state index in [9.17, 15) is 0 Å². The van der Waals surface area contributed by atoms with Crippen molar-refractivity contribution in [3.8, 4) is 0 Å². The summed E-state index contributed by atoms with van der Waals surface area (Å²) in [6, 6.07) is 9.92. The van der Waals surface area contributed by atoms with Crippen LogP contribution in [0.1, 0.15) is 0 Å². The summed E-state index contributed by atoms with van der Waals surface area (Å²) in [6.45, 7) is 0.668. The molecule has 0 radical (unpaired) electrons. The summed E-state index contributed by atoms with van der Waals surface area (Å²) in [5, 5.41) is 14.2. The van der Waals surface area contributed by atoms with Gasteiger partial charge in [-0.15, -0.1) is 0 Å². The Morgan fingerprint density at radius 3 is 2.79 bits per heavy atom. The van der Waals surface area contributed by atoms with Crippen molar-refractivity contribution >= 4 is 10.9 Å². The van der Waals surface area contributed by atoms with Crippen LogP contribution >= 0.6 is 0 Å². The van der Waals surface area contributed by atoms with Crippen molar-refractivity contribution in [3.63, 3.8) is 0 Å². The number of aliphatic hydroxyl groups is 1. The number of hydrogen-bond donors (Lipinski definition) is 1. The molecule has 0 saturated heterocycles. The quantitative estimate of drug-likeness (QED) is 0.603. The molecular formula is C10H11BrN2O. The van der Waals surface area contributed by atoms with E-state index in [1.807, 2.05) is 36.5 Å². The van der Waals surface area contributed by atoms with Gasteiger partial charge >= 0.3 is 0 Å². The Labute approximate surface area is 92.8 Å². The van der Waals surface area contributed by atoms with Gasteiger partial charge in [0, 0.05) is 16.6 Å². The van der Waals surface area contributed by atoms with E-state index in [1.54, 1.807) is 4.68 Å². The molecule has 1 aromatic heterocycles. The first-order valence-corrected chi connectivity index (χ1v) is 4.26. The monoisotopic (exact) mass is 254 g/mol. The molecule has 14 heavy (non-hydrogen) atoms. The second-order valence-electron chi connectivity index (χ2n) is 2.86. The van der Waals surface area contributed by atoms with Crippen LogP contribution in [0.4, 0.5) is 0 Å². The molecule has 0 fully saturated rings. The molecule has 0 aliphatic rings. The molecule has 4 heteroatoms. The normalized spacial score (nSPS) is 9.79. The van der Waals surface area contributed by atoms with E-state index in [0.29, 0.717) is 6.54 Å². The molecule has 74 valence electrons. The highest BCUT2D eigenvalue weighted by atomic mass is 79.9. The maximum Gasteiger partial charge on any atom is 0.197 e. The second-order valence-corrected chi connectivity index (χ2v) is 2.86. The Morgan fingerprint density at radius 2 is 2.00 bits per heavy atom. The minimum atomic E-state index is 0. The molecule has 1 heterocycles. The van der Waals surface area contributed by atoms with Gasteiger partial charge in [0.05, 0.1) is 0 Å². The largest absolute Gasteiger partial charge is 1.00 e. The summed E-state index contributed by atoms with van der Waals surface area (Å²) >= 11 is 0. The van der Waals surface area contributed by atoms with Crippen molar-refractivity contribution < 1.29 is 26.8 Å². The predicted octanol–water partition coefficient (Wildman–Crippen LogP) is -2.48. The summed E-state index contributed by atoms with van der Waals surface area (Å²) in [7, 11) is 0. The fraction of sp³-hybridized carbons (Fsp3) is 0.200. The lowest BCUT2D eigenvalue weighted by Crippen LogP contribution is -3.00. The Hall–Kier alpha value is -1.000. The van der Waals surface area contributed by atoms with Crippen molar-refractivity contribution in [2.45, 2.75) is 6.54 Å². The lowest BCUT2D eigenvalue weighted by Gasteiger charge is -1.94. The summed E-state index contributed by atoms with van der Waals surface area (Å²) in [5.41, 5.74) is 0.957. The number of nitrogens with zero attached hydrogens (tertiary/aromatic N) is 2. The van der Waals surface area contributed by atoms with Crippen molar-refractivity contribution in [1.29, 1.82) is 0 Å². The molecule has 2 rings (SSSR count). The molecule has 2 aromatic rings. The van der Waals surface area contributed by atoms with Crippen molar-refractivity contribution in [3.05, 3.63) is 36.5 Å². The van der Waals surface area contributed by atoms with Gasteiger partial charge in [0.2, 0.25) is 0 Å². The highest BCUT2D eigenvalue weighted by molar-refractivity contribution is 5.76. The first-order chi connectivity index (χ1) is 6.40. The van der Waals surface area contributed by atoms with Gasteiger partial charge in [0.1, 0.15) is 12.1 Å². The van der Waals surface area contributed by atoms with E-state index < -0.39 is 0 Å². The molecule has 1 N–H and O–H groups in total. The number of aliphatic hydroxyl groups excluding tert-OH is 1. The molecule has 0 spiro atoms. The maximum atomic E-state index is 8.73. The highest BCUT2D eigenvalue weighted by Crippen LogP contribution is 2.06. The van der Waals surface area contributed by atoms with Gasteiger partial charge < -0.3 is 22.1 Å². The van der Waals surface area contributed by atoms with Gasteiger partial charge in [0.15, 0.2) is 12.7 Å². The van der Waals surface area contributed by atoms with E-state index in [4.69, 9.17) is 5.11 Å². The van der Waals surface area contributed by atoms with Gasteiger partial charge in [-0.05, 0) is 6.07 Å². The standard InChI is InChI=1S/C10H11N2O.BrH/c13-8-7-12-6-5-9-3-1-2-4-10(9)11-12;/h1-6,13H,7-8H2;1H/q+1;/p-1. The SMILES string of the molecule is OCC[n+]1ccc2ccccc2n1.[Br-]. The van der Waals surface area contributed by atoms with Crippen molar-refractivity contribution in [2.24, 2.45) is 0 Å². The molecule has 0 amide bonds. The Balaban J connectivity index is 0.000000980. The predicted molar refractivity (Wildman–Crippen MR) is 49.0 cm³/mol. The smallest absolute Gasteiger partial charge is 0.197 e. The van der Waals surface area contributed by atoms with Gasteiger partial charge in [0.25, 0.3) is 0 Å². The minimum Gasteiger partial charge on any atom is -1.00 e. The Kier molecular flexibility index (Phi) is 3.98. The molecule has 1 aromatic carbocycles. The molecular weight excluding hydrogens is 244 g/mol. The third kappa shape index (κ3) is 2.27. The van der Waals surface area contributed by atoms with Gasteiger partial charge in [-0.3, -0.25) is 0 Å². The number of aromatic nitrogens is 2. The molecule has 0 saturated carbocycles. The van der Waals surface area contributed by atoms with Crippen LogP contribution in [0, 0.1) is 0 Å². The highest BCUT2D eigenvalue weighted by Gasteiger charge is 2.02. The first kappa shape index (κ1) is 11.1. The molecule has 0 aliphatic carbocycles. The molecule has 3 nitrogen and oxygen atoms in total. The van der Waals surface area contributed by atoms with E-state index in [-0.39, 0.29) is 23.6 Å². The second kappa shape index (κ2) is 5.02. The van der Waals surface area contributed by atoms with Gasteiger partial charge in [-0.2, -0.15) is 0 Å². The maximum absolute atomic E-state index is 8.73. The molecule has 0 atom stereocenters. The summed E-state index contributed by atoms with van der Waals surface area (Å²) in [5.74, 6) is 0. The summed E-state index contributed by atoms with van der Waals surface area (Å²) in [6.07, 6.45) is 1.87. The Bertz CT molecular complexity index is 420. The van der Waals surface area contributed by atoms with Crippen LogP contribution in [0.5, 0.6) is 0 Å². The number of fused-ring (bicyclic) bond motifs is 1. The van der Waals surface area contributed by atoms with Crippen LogP contribution in [0.3, 0.4) is 0 Å². The number of hydrogen-bond acceptors (Lipinski definition) is 2. The number of rotatable bonds is 2. The number of benzene rings is 1. The van der Waals surface area contributed by atoms with Crippen LogP contribution < -0.4 is 21.7 Å². The zero-order valence-corrected chi connectivity index (χ0v) is 9.18. The average Bonchev–Trinajstić information content (AvgIpc) is 2.18. The lowest BCUT2D eigenvalue weighted by molar-refractivity contribution is -0.752. The van der Waals surface area contributed by atoms with Crippen LogP contribution in [0.15, 0.2) is 36.5 Å². The summed E-state index contributed by atoms with van der Waals surface area (Å²) in [4.78, 5) is 0. The van der Waals surface area contributed by atoms with Crippen LogP contribution in [-0.2, 0) is 6.54 Å². The lowest BCUT2D eigenvalue weighted by atomic mass is 10.2. The molecule has 0 aliphatic heterocycles. The van der Waals surface area contributed by atoms with Crippen LogP contribution in [0.2, 0.25) is 0 Å². The van der Waals surface area contributed by atoms with Gasteiger partial charge in [-0.25, -0.2) is 0 Å². The minimum absolute atomic E-state index is 0. The zero-order chi connectivity index (χ0) is 9.10. The average molecular weight is 255 g/mol. The van der Waals surface area contributed by atoms with Crippen LogP contribution in [0.25, 0.3) is 10.9 Å². The fourth-order valence-electron chi connectivity index (χ4n) is 1.28. The zero-order valence-electron chi connectivity index (χ0n) is 7.60. The van der Waals surface area contributed by atoms with E-state index in [2.05, 4.69) is 5.10 Å². The fourth-order valence-corrected chi connectivity index (χ4v) is 1.28. The number of halogens is 1.